The van der Waals surface area contributed by atoms with Gasteiger partial charge in [0.2, 0.25) is 11.7 Å². The van der Waals surface area contributed by atoms with E-state index in [1.165, 1.54) is 18.9 Å². The first-order chi connectivity index (χ1) is 9.06. The highest BCUT2D eigenvalue weighted by Gasteiger charge is 2.20. The van der Waals surface area contributed by atoms with E-state index in [0.717, 1.165) is 18.7 Å². The molecule has 1 aliphatic carbocycles. The van der Waals surface area contributed by atoms with Gasteiger partial charge in [0, 0.05) is 17.8 Å². The quantitative estimate of drug-likeness (QED) is 0.606. The maximum atomic E-state index is 13.3. The Morgan fingerprint density at radius 2 is 2.21 bits per heavy atom. The van der Waals surface area contributed by atoms with Gasteiger partial charge in [0.1, 0.15) is 0 Å². The first kappa shape index (κ1) is 13.4. The molecule has 1 aromatic carbocycles. The summed E-state index contributed by atoms with van der Waals surface area (Å²) in [5, 5.41) is 15.9. The molecule has 2 N–H and O–H groups in total. The Hall–Kier alpha value is -2.02. The van der Waals surface area contributed by atoms with Crippen molar-refractivity contribution in [2.75, 3.05) is 18.4 Å². The molecule has 1 amide bonds. The van der Waals surface area contributed by atoms with Gasteiger partial charge in [-0.15, -0.1) is 0 Å². The van der Waals surface area contributed by atoms with Crippen LogP contribution in [0.2, 0.25) is 0 Å². The molecule has 0 aliphatic heterocycles. The highest BCUT2D eigenvalue weighted by Crippen LogP contribution is 2.27. The van der Waals surface area contributed by atoms with Gasteiger partial charge in [-0.25, -0.2) is 0 Å². The molecular formula is C12H14FN3O3. The Morgan fingerprint density at radius 3 is 2.79 bits per heavy atom. The maximum Gasteiger partial charge on any atom is 0.304 e. The Labute approximate surface area is 109 Å². The number of hydrogen-bond acceptors (Lipinski definition) is 4. The smallest absolute Gasteiger partial charge is 0.304 e. The number of nitro benzene ring substituents is 1. The van der Waals surface area contributed by atoms with E-state index in [1.54, 1.807) is 0 Å². The number of nitro groups is 1. The summed E-state index contributed by atoms with van der Waals surface area (Å²) in [6.45, 7) is 0.956. The Kier molecular flexibility index (Phi) is 4.06. The molecule has 0 saturated heterocycles. The molecule has 1 aliphatic rings. The molecule has 2 rings (SSSR count). The Bertz CT molecular complexity index is 503. The van der Waals surface area contributed by atoms with Crippen LogP contribution < -0.4 is 10.6 Å². The van der Waals surface area contributed by atoms with Gasteiger partial charge in [-0.3, -0.25) is 14.9 Å². The molecule has 0 radical (unpaired) electrons. The number of amides is 1. The predicted octanol–water partition coefficient (Wildman–Crippen LogP) is 1.67. The summed E-state index contributed by atoms with van der Waals surface area (Å²) in [5.74, 6) is -0.590. The monoisotopic (exact) mass is 267 g/mol. The number of anilines is 1. The number of nitrogens with zero attached hydrogens (tertiary/aromatic N) is 1. The standard InChI is InChI=1S/C12H14FN3O3/c13-10-5-9(3-4-11(10)16(18)19)15-12(17)7-14-6-8-1-2-8/h3-5,8,14H,1-2,6-7H2,(H,15,17). The maximum absolute atomic E-state index is 13.3. The third-order valence-corrected chi connectivity index (χ3v) is 2.84. The van der Waals surface area contributed by atoms with Crippen molar-refractivity contribution in [3.63, 3.8) is 0 Å². The van der Waals surface area contributed by atoms with Crippen molar-refractivity contribution in [3.8, 4) is 0 Å². The molecule has 1 saturated carbocycles. The average Bonchev–Trinajstić information content (AvgIpc) is 3.12. The fourth-order valence-corrected chi connectivity index (χ4v) is 1.65. The molecule has 1 aromatic rings. The van der Waals surface area contributed by atoms with Crippen molar-refractivity contribution >= 4 is 17.3 Å². The van der Waals surface area contributed by atoms with Gasteiger partial charge >= 0.3 is 5.69 Å². The Morgan fingerprint density at radius 1 is 1.47 bits per heavy atom. The normalized spacial score (nSPS) is 14.2. The fourth-order valence-electron chi connectivity index (χ4n) is 1.65. The van der Waals surface area contributed by atoms with Crippen LogP contribution in [0.5, 0.6) is 0 Å². The van der Waals surface area contributed by atoms with Crippen LogP contribution in [-0.2, 0) is 4.79 Å². The number of benzene rings is 1. The molecule has 0 unspecified atom stereocenters. The lowest BCUT2D eigenvalue weighted by Crippen LogP contribution is -2.29. The summed E-state index contributed by atoms with van der Waals surface area (Å²) in [6, 6.07) is 3.28. The summed E-state index contributed by atoms with van der Waals surface area (Å²) in [6.07, 6.45) is 2.39. The van der Waals surface area contributed by atoms with E-state index in [9.17, 15) is 19.3 Å². The highest BCUT2D eigenvalue weighted by molar-refractivity contribution is 5.92. The first-order valence-electron chi connectivity index (χ1n) is 6.01. The van der Waals surface area contributed by atoms with Gasteiger partial charge in [-0.1, -0.05) is 0 Å². The van der Waals surface area contributed by atoms with Crippen LogP contribution in [-0.4, -0.2) is 23.9 Å². The second-order valence-electron chi connectivity index (χ2n) is 4.55. The van der Waals surface area contributed by atoms with E-state index in [4.69, 9.17) is 0 Å². The third kappa shape index (κ3) is 3.99. The second-order valence-corrected chi connectivity index (χ2v) is 4.55. The zero-order valence-electron chi connectivity index (χ0n) is 10.2. The molecule has 0 aromatic heterocycles. The molecule has 0 atom stereocenters. The second kappa shape index (κ2) is 5.75. The number of rotatable bonds is 6. The number of carbonyl (C=O) groups excluding carboxylic acids is 1. The topological polar surface area (TPSA) is 84.3 Å². The minimum absolute atomic E-state index is 0.148. The molecule has 0 heterocycles. The van der Waals surface area contributed by atoms with Gasteiger partial charge < -0.3 is 10.6 Å². The van der Waals surface area contributed by atoms with Crippen molar-refractivity contribution in [3.05, 3.63) is 34.1 Å². The van der Waals surface area contributed by atoms with E-state index in [-0.39, 0.29) is 18.1 Å². The summed E-state index contributed by atoms with van der Waals surface area (Å²) >= 11 is 0. The lowest BCUT2D eigenvalue weighted by molar-refractivity contribution is -0.387. The van der Waals surface area contributed by atoms with Crippen LogP contribution >= 0.6 is 0 Å². The van der Waals surface area contributed by atoms with Crippen molar-refractivity contribution in [1.82, 2.24) is 5.32 Å². The molecule has 0 bridgehead atoms. The third-order valence-electron chi connectivity index (χ3n) is 2.84. The summed E-state index contributed by atoms with van der Waals surface area (Å²) in [5.41, 5.74) is -0.397. The minimum Gasteiger partial charge on any atom is -0.325 e. The largest absolute Gasteiger partial charge is 0.325 e. The number of hydrogen-bond donors (Lipinski definition) is 2. The highest BCUT2D eigenvalue weighted by atomic mass is 19.1. The van der Waals surface area contributed by atoms with Crippen LogP contribution in [0, 0.1) is 21.8 Å². The summed E-state index contributed by atoms with van der Waals surface area (Å²) < 4.78 is 13.3. The van der Waals surface area contributed by atoms with E-state index in [0.29, 0.717) is 5.92 Å². The molecule has 6 nitrogen and oxygen atoms in total. The van der Waals surface area contributed by atoms with E-state index in [2.05, 4.69) is 10.6 Å². The molecular weight excluding hydrogens is 253 g/mol. The van der Waals surface area contributed by atoms with E-state index >= 15 is 0 Å². The first-order valence-corrected chi connectivity index (χ1v) is 6.01. The van der Waals surface area contributed by atoms with Crippen molar-refractivity contribution in [1.29, 1.82) is 0 Å². The number of halogens is 1. The van der Waals surface area contributed by atoms with Crippen LogP contribution in [0.25, 0.3) is 0 Å². The predicted molar refractivity (Wildman–Crippen MR) is 67.3 cm³/mol. The minimum atomic E-state index is -0.964. The van der Waals surface area contributed by atoms with Crippen molar-refractivity contribution in [2.24, 2.45) is 5.92 Å². The SMILES string of the molecule is O=C(CNCC1CC1)Nc1ccc([N+](=O)[O-])c(F)c1. The molecule has 7 heteroatoms. The average molecular weight is 267 g/mol. The Balaban J connectivity index is 1.85. The van der Waals surface area contributed by atoms with Crippen LogP contribution in [0.4, 0.5) is 15.8 Å². The van der Waals surface area contributed by atoms with E-state index in [1.807, 2.05) is 0 Å². The van der Waals surface area contributed by atoms with Crippen LogP contribution in [0.15, 0.2) is 18.2 Å². The van der Waals surface area contributed by atoms with Crippen molar-refractivity contribution in [2.45, 2.75) is 12.8 Å². The van der Waals surface area contributed by atoms with E-state index < -0.39 is 16.4 Å². The zero-order chi connectivity index (χ0) is 13.8. The van der Waals surface area contributed by atoms with Crippen molar-refractivity contribution < 1.29 is 14.1 Å². The van der Waals surface area contributed by atoms with Gasteiger partial charge in [-0.05, 0) is 31.4 Å². The number of nitrogens with one attached hydrogen (secondary N) is 2. The molecule has 102 valence electrons. The van der Waals surface area contributed by atoms with Gasteiger partial charge in [0.15, 0.2) is 0 Å². The fraction of sp³-hybridized carbons (Fsp3) is 0.417. The summed E-state index contributed by atoms with van der Waals surface area (Å²) in [4.78, 5) is 21.1. The molecule has 1 fully saturated rings. The van der Waals surface area contributed by atoms with Gasteiger partial charge in [0.05, 0.1) is 11.5 Å². The number of carbonyl (C=O) groups is 1. The summed E-state index contributed by atoms with van der Waals surface area (Å²) in [7, 11) is 0. The zero-order valence-corrected chi connectivity index (χ0v) is 10.2. The lowest BCUT2D eigenvalue weighted by atomic mass is 10.2. The van der Waals surface area contributed by atoms with Crippen LogP contribution in [0.1, 0.15) is 12.8 Å². The van der Waals surface area contributed by atoms with Gasteiger partial charge in [-0.2, -0.15) is 4.39 Å². The van der Waals surface area contributed by atoms with Gasteiger partial charge in [0.25, 0.3) is 0 Å². The molecule has 0 spiro atoms. The lowest BCUT2D eigenvalue weighted by Gasteiger charge is -2.06. The van der Waals surface area contributed by atoms with Crippen LogP contribution in [0.3, 0.4) is 0 Å². The molecule has 19 heavy (non-hydrogen) atoms.